The molecule has 2 aliphatic rings. The first-order valence-electron chi connectivity index (χ1n) is 13.5. The van der Waals surface area contributed by atoms with Gasteiger partial charge in [-0.25, -0.2) is 13.6 Å². The van der Waals surface area contributed by atoms with Crippen LogP contribution in [0.25, 0.3) is 0 Å². The number of rotatable bonds is 6. The second-order valence-corrected chi connectivity index (χ2v) is 11.7. The Kier molecular flexibility index (Phi) is 7.50. The molecule has 0 bridgehead atoms. The van der Waals surface area contributed by atoms with Crippen molar-refractivity contribution in [2.75, 3.05) is 36.1 Å². The number of aromatic nitrogens is 2. The van der Waals surface area contributed by atoms with Crippen molar-refractivity contribution in [2.24, 2.45) is 5.14 Å². The maximum absolute atomic E-state index is 14.1. The van der Waals surface area contributed by atoms with Gasteiger partial charge in [-0.15, -0.1) is 0 Å². The molecular weight excluding hydrogens is 556 g/mol. The number of carbonyl (C=O) groups is 2. The molecule has 4 heterocycles. The topological polar surface area (TPSA) is 140 Å². The highest BCUT2D eigenvalue weighted by Gasteiger charge is 2.29. The zero-order chi connectivity index (χ0) is 29.3. The summed E-state index contributed by atoms with van der Waals surface area (Å²) < 4.78 is 32.6. The predicted octanol–water partition coefficient (Wildman–Crippen LogP) is 2.51. The second-order valence-electron chi connectivity index (χ2n) is 10.2. The zero-order valence-corrected chi connectivity index (χ0v) is 23.6. The third-order valence-electron chi connectivity index (χ3n) is 7.52. The lowest BCUT2D eigenvalue weighted by atomic mass is 10.1. The van der Waals surface area contributed by atoms with Gasteiger partial charge in [0.15, 0.2) is 0 Å². The highest BCUT2D eigenvalue weighted by atomic mass is 32.2. The summed E-state index contributed by atoms with van der Waals surface area (Å²) in [5.74, 6) is -0.614. The van der Waals surface area contributed by atoms with Crippen molar-refractivity contribution in [1.29, 1.82) is 0 Å². The van der Waals surface area contributed by atoms with Gasteiger partial charge in [-0.2, -0.15) is 0 Å². The minimum Gasteiger partial charge on any atom is -0.378 e. The third-order valence-corrected chi connectivity index (χ3v) is 8.46. The molecule has 0 spiro atoms. The molecular formula is C30H30N6O5S. The fourth-order valence-electron chi connectivity index (χ4n) is 5.41. The van der Waals surface area contributed by atoms with Crippen LogP contribution in [0.2, 0.25) is 0 Å². The van der Waals surface area contributed by atoms with Crippen molar-refractivity contribution in [2.45, 2.75) is 24.5 Å². The number of fused-ring (bicyclic) bond motifs is 2. The van der Waals surface area contributed by atoms with Crippen LogP contribution in [0.15, 0.2) is 84.0 Å². The first-order valence-corrected chi connectivity index (χ1v) is 15.1. The lowest BCUT2D eigenvalue weighted by molar-refractivity contribution is 0.0941. The molecule has 0 radical (unpaired) electrons. The van der Waals surface area contributed by atoms with Crippen LogP contribution in [-0.2, 0) is 34.4 Å². The molecule has 2 aromatic heterocycles. The van der Waals surface area contributed by atoms with Crippen LogP contribution in [0.1, 0.15) is 37.7 Å². The smallest absolute Gasteiger partial charge is 0.268 e. The molecule has 0 unspecified atom stereocenters. The van der Waals surface area contributed by atoms with Gasteiger partial charge >= 0.3 is 0 Å². The first kappa shape index (κ1) is 27.6. The van der Waals surface area contributed by atoms with Crippen molar-refractivity contribution in [3.63, 3.8) is 0 Å². The van der Waals surface area contributed by atoms with Crippen molar-refractivity contribution >= 4 is 33.2 Å². The summed E-state index contributed by atoms with van der Waals surface area (Å²) in [5, 5.41) is 8.56. The number of anilines is 2. The molecule has 6 rings (SSSR count). The van der Waals surface area contributed by atoms with Crippen molar-refractivity contribution in [3.05, 3.63) is 107 Å². The van der Waals surface area contributed by atoms with E-state index in [9.17, 15) is 18.0 Å². The number of pyridine rings is 1. The van der Waals surface area contributed by atoms with Gasteiger partial charge in [-0.1, -0.05) is 24.3 Å². The van der Waals surface area contributed by atoms with Gasteiger partial charge in [0.05, 0.1) is 32.0 Å². The Hall–Kier alpha value is -4.52. The summed E-state index contributed by atoms with van der Waals surface area (Å²) in [6, 6.07) is 19.4. The predicted molar refractivity (Wildman–Crippen MR) is 157 cm³/mol. The highest BCUT2D eigenvalue weighted by molar-refractivity contribution is 7.89. The van der Waals surface area contributed by atoms with Crippen molar-refractivity contribution < 1.29 is 22.7 Å². The summed E-state index contributed by atoms with van der Waals surface area (Å²) in [4.78, 5) is 34.7. The van der Waals surface area contributed by atoms with Crippen molar-refractivity contribution in [1.82, 2.24) is 14.9 Å². The largest absolute Gasteiger partial charge is 0.378 e. The van der Waals surface area contributed by atoms with Gasteiger partial charge in [-0.3, -0.25) is 14.6 Å². The molecule has 2 aromatic carbocycles. The minimum absolute atomic E-state index is 0.102. The fraction of sp³-hybridized carbons (Fsp3) is 0.233. The Labute approximate surface area is 243 Å². The van der Waals surface area contributed by atoms with Gasteiger partial charge in [0, 0.05) is 49.0 Å². The Bertz CT molecular complexity index is 1750. The third kappa shape index (κ3) is 5.51. The fourth-order valence-corrected chi connectivity index (χ4v) is 6.19. The molecule has 2 amide bonds. The molecule has 2 aliphatic heterocycles. The first-order chi connectivity index (χ1) is 20.3. The lowest BCUT2D eigenvalue weighted by Gasteiger charge is -2.30. The molecule has 1 fully saturated rings. The number of hydrogen-bond acceptors (Lipinski definition) is 7. The molecule has 12 heteroatoms. The molecule has 0 aliphatic carbocycles. The number of benzene rings is 2. The molecule has 216 valence electrons. The van der Waals surface area contributed by atoms with Crippen LogP contribution in [0.4, 0.5) is 11.4 Å². The van der Waals surface area contributed by atoms with E-state index in [1.54, 1.807) is 35.5 Å². The number of carbonyl (C=O) groups excluding carboxylic acids is 2. The van der Waals surface area contributed by atoms with E-state index in [0.29, 0.717) is 56.5 Å². The van der Waals surface area contributed by atoms with Crippen molar-refractivity contribution in [3.8, 4) is 0 Å². The Morgan fingerprint density at radius 3 is 2.52 bits per heavy atom. The van der Waals surface area contributed by atoms with Crippen LogP contribution in [0.5, 0.6) is 0 Å². The lowest BCUT2D eigenvalue weighted by Crippen LogP contribution is -2.37. The minimum atomic E-state index is -4.12. The maximum atomic E-state index is 14.1. The van der Waals surface area contributed by atoms with E-state index in [-0.39, 0.29) is 28.8 Å². The second kappa shape index (κ2) is 11.4. The van der Waals surface area contributed by atoms with Gasteiger partial charge in [0.2, 0.25) is 10.0 Å². The molecule has 4 aromatic rings. The number of amides is 2. The number of nitrogens with two attached hydrogens (primary N) is 1. The van der Waals surface area contributed by atoms with Crippen LogP contribution < -0.4 is 20.3 Å². The molecule has 0 saturated carbocycles. The van der Waals surface area contributed by atoms with Gasteiger partial charge in [0.25, 0.3) is 11.8 Å². The van der Waals surface area contributed by atoms with Crippen LogP contribution in [0, 0.1) is 0 Å². The molecule has 42 heavy (non-hydrogen) atoms. The average molecular weight is 587 g/mol. The Morgan fingerprint density at radius 1 is 0.952 bits per heavy atom. The standard InChI is InChI=1S/C30H30N6O5S/c31-42(39,40)28-16-22(7-9-26(28)34-12-14-41-15-13-34)30(38)36-20-24-8-10-27(29(37)33-18-21-4-3-11-32-17-21)35(24)19-23-5-1-2-6-25(23)36/h1-11,16-17H,12-15,18-20H2,(H,33,37)(H2,31,39,40). The molecule has 3 N–H and O–H groups in total. The number of ether oxygens (including phenoxy) is 1. The number of nitrogens with zero attached hydrogens (tertiary/aromatic N) is 4. The van der Waals surface area contributed by atoms with Gasteiger partial charge in [-0.05, 0) is 53.6 Å². The van der Waals surface area contributed by atoms with Gasteiger partial charge in [0.1, 0.15) is 10.6 Å². The number of morpholine rings is 1. The van der Waals surface area contributed by atoms with E-state index in [1.165, 1.54) is 6.07 Å². The summed E-state index contributed by atoms with van der Waals surface area (Å²) in [5.41, 5.74) is 4.30. The molecule has 11 nitrogen and oxygen atoms in total. The SMILES string of the molecule is NS(=O)(=O)c1cc(C(=O)N2Cc3ccc(C(=O)NCc4cccnc4)n3Cc3ccccc32)ccc1N1CCOCC1. The number of nitrogens with one attached hydrogen (secondary N) is 1. The van der Waals surface area contributed by atoms with Crippen LogP contribution in [0.3, 0.4) is 0 Å². The Morgan fingerprint density at radius 2 is 1.76 bits per heavy atom. The molecule has 1 saturated heterocycles. The van der Waals surface area contributed by atoms with E-state index in [1.807, 2.05) is 51.9 Å². The summed E-state index contributed by atoms with van der Waals surface area (Å²) in [6.07, 6.45) is 3.38. The monoisotopic (exact) mass is 586 g/mol. The number of sulfonamides is 1. The number of hydrogen-bond donors (Lipinski definition) is 2. The average Bonchev–Trinajstić information content (AvgIpc) is 3.32. The van der Waals surface area contributed by atoms with Crippen LogP contribution in [-0.4, -0.2) is 56.1 Å². The number of primary sulfonamides is 1. The summed E-state index contributed by atoms with van der Waals surface area (Å²) in [6.45, 7) is 2.88. The van der Waals surface area contributed by atoms with E-state index < -0.39 is 10.0 Å². The van der Waals surface area contributed by atoms with E-state index in [0.717, 1.165) is 16.8 Å². The van der Waals surface area contributed by atoms with E-state index in [2.05, 4.69) is 10.3 Å². The summed E-state index contributed by atoms with van der Waals surface area (Å²) in [7, 11) is -4.12. The van der Waals surface area contributed by atoms with Crippen LogP contribution >= 0.6 is 0 Å². The summed E-state index contributed by atoms with van der Waals surface area (Å²) >= 11 is 0. The highest BCUT2D eigenvalue weighted by Crippen LogP contribution is 2.32. The van der Waals surface area contributed by atoms with E-state index in [4.69, 9.17) is 9.88 Å². The molecule has 0 atom stereocenters. The maximum Gasteiger partial charge on any atom is 0.268 e. The number of para-hydroxylation sites is 1. The Balaban J connectivity index is 1.32. The normalized spacial score (nSPS) is 15.0. The quantitative estimate of drug-likeness (QED) is 0.354. The zero-order valence-electron chi connectivity index (χ0n) is 22.8. The van der Waals surface area contributed by atoms with Gasteiger partial charge < -0.3 is 24.4 Å². The van der Waals surface area contributed by atoms with E-state index >= 15 is 0 Å².